The number of amides is 2. The monoisotopic (exact) mass is 320 g/mol. The minimum Gasteiger partial charge on any atom is -0.354 e. The van der Waals surface area contributed by atoms with Gasteiger partial charge in [0.25, 0.3) is 0 Å². The first-order valence-corrected chi connectivity index (χ1v) is 8.40. The largest absolute Gasteiger partial charge is 0.354 e. The predicted molar refractivity (Wildman–Crippen MR) is 87.4 cm³/mol. The third kappa shape index (κ3) is 5.34. The Labute approximate surface area is 137 Å². The van der Waals surface area contributed by atoms with Crippen LogP contribution in [-0.2, 0) is 16.0 Å². The van der Waals surface area contributed by atoms with E-state index >= 15 is 0 Å². The summed E-state index contributed by atoms with van der Waals surface area (Å²) in [5, 5.41) is 2.91. The molecule has 1 fully saturated rings. The van der Waals surface area contributed by atoms with E-state index in [4.69, 9.17) is 0 Å². The van der Waals surface area contributed by atoms with Crippen molar-refractivity contribution in [3.05, 3.63) is 35.6 Å². The van der Waals surface area contributed by atoms with Gasteiger partial charge in [-0.15, -0.1) is 0 Å². The number of carbonyl (C=O) groups is 2. The molecule has 23 heavy (non-hydrogen) atoms. The van der Waals surface area contributed by atoms with Crippen LogP contribution in [0.2, 0.25) is 0 Å². The molecule has 1 unspecified atom stereocenters. The average molecular weight is 320 g/mol. The van der Waals surface area contributed by atoms with Crippen LogP contribution in [0.5, 0.6) is 0 Å². The first kappa shape index (κ1) is 17.4. The molecule has 1 aromatic rings. The lowest BCUT2D eigenvalue weighted by Gasteiger charge is -2.35. The fourth-order valence-corrected chi connectivity index (χ4v) is 2.99. The number of rotatable bonds is 7. The van der Waals surface area contributed by atoms with Crippen molar-refractivity contribution in [3.63, 3.8) is 0 Å². The maximum absolute atomic E-state index is 13.4. The molecule has 1 N–H and O–H groups in total. The Kier molecular flexibility index (Phi) is 6.56. The molecule has 2 amide bonds. The Balaban J connectivity index is 2.06. The second-order valence-electron chi connectivity index (χ2n) is 6.09. The van der Waals surface area contributed by atoms with Gasteiger partial charge in [0.1, 0.15) is 5.82 Å². The highest BCUT2D eigenvalue weighted by molar-refractivity contribution is 5.78. The summed E-state index contributed by atoms with van der Waals surface area (Å²) < 4.78 is 13.4. The standard InChI is InChI=1S/C18H25FN2O2/c1-2-6-17(22)20-13-16(21-10-4-3-9-18(21)23)12-14-7-5-8-15(19)11-14/h5,7-8,11,16H,2-4,6,9-10,12-13H2,1H3,(H,20,22). The highest BCUT2D eigenvalue weighted by Gasteiger charge is 2.26. The summed E-state index contributed by atoms with van der Waals surface area (Å²) in [5.74, 6) is -0.148. The third-order valence-electron chi connectivity index (χ3n) is 4.17. The van der Waals surface area contributed by atoms with Crippen molar-refractivity contribution in [2.24, 2.45) is 0 Å². The molecule has 1 heterocycles. The minimum atomic E-state index is -0.277. The Hall–Kier alpha value is -1.91. The van der Waals surface area contributed by atoms with Crippen molar-refractivity contribution in [1.29, 1.82) is 0 Å². The summed E-state index contributed by atoms with van der Waals surface area (Å²) >= 11 is 0. The SMILES string of the molecule is CCCC(=O)NCC(Cc1cccc(F)c1)N1CCCCC1=O. The van der Waals surface area contributed by atoms with Crippen LogP contribution in [0.15, 0.2) is 24.3 Å². The summed E-state index contributed by atoms with van der Waals surface area (Å²) in [6.07, 6.45) is 4.29. The van der Waals surface area contributed by atoms with E-state index < -0.39 is 0 Å². The van der Waals surface area contributed by atoms with Crippen LogP contribution < -0.4 is 5.32 Å². The summed E-state index contributed by atoms with van der Waals surface area (Å²) in [5.41, 5.74) is 0.845. The molecule has 1 aliphatic rings. The molecule has 2 rings (SSSR count). The summed E-state index contributed by atoms with van der Waals surface area (Å²) in [7, 11) is 0. The molecule has 0 bridgehead atoms. The van der Waals surface area contributed by atoms with Crippen LogP contribution in [-0.4, -0.2) is 35.8 Å². The van der Waals surface area contributed by atoms with Gasteiger partial charge in [-0.2, -0.15) is 0 Å². The van der Waals surface area contributed by atoms with E-state index in [2.05, 4.69) is 5.32 Å². The molecule has 0 radical (unpaired) electrons. The first-order valence-electron chi connectivity index (χ1n) is 8.40. The molecule has 4 nitrogen and oxygen atoms in total. The predicted octanol–water partition coefficient (Wildman–Crippen LogP) is 2.67. The van der Waals surface area contributed by atoms with E-state index in [-0.39, 0.29) is 23.7 Å². The topological polar surface area (TPSA) is 49.4 Å². The van der Waals surface area contributed by atoms with Crippen LogP contribution in [0.25, 0.3) is 0 Å². The second kappa shape index (κ2) is 8.65. The zero-order valence-electron chi connectivity index (χ0n) is 13.7. The molecule has 126 valence electrons. The Morgan fingerprint density at radius 1 is 1.39 bits per heavy atom. The molecule has 1 aliphatic heterocycles. The number of hydrogen-bond acceptors (Lipinski definition) is 2. The molecule has 0 spiro atoms. The molecule has 1 aromatic carbocycles. The number of carbonyl (C=O) groups excluding carboxylic acids is 2. The minimum absolute atomic E-state index is 0.00111. The van der Waals surface area contributed by atoms with E-state index in [1.54, 1.807) is 6.07 Å². The molecule has 5 heteroatoms. The summed E-state index contributed by atoms with van der Waals surface area (Å²) in [6, 6.07) is 6.32. The number of piperidine rings is 1. The van der Waals surface area contributed by atoms with Crippen molar-refractivity contribution in [2.75, 3.05) is 13.1 Å². The molecular weight excluding hydrogens is 295 g/mol. The zero-order valence-corrected chi connectivity index (χ0v) is 13.7. The number of likely N-dealkylation sites (tertiary alicyclic amines) is 1. The van der Waals surface area contributed by atoms with Crippen molar-refractivity contribution >= 4 is 11.8 Å². The van der Waals surface area contributed by atoms with Gasteiger partial charge >= 0.3 is 0 Å². The molecular formula is C18H25FN2O2. The molecule has 1 saturated heterocycles. The van der Waals surface area contributed by atoms with Gasteiger partial charge in [0.15, 0.2) is 0 Å². The van der Waals surface area contributed by atoms with E-state index in [1.165, 1.54) is 12.1 Å². The fraction of sp³-hybridized carbons (Fsp3) is 0.556. The fourth-order valence-electron chi connectivity index (χ4n) is 2.99. The maximum Gasteiger partial charge on any atom is 0.222 e. The number of nitrogens with one attached hydrogen (secondary N) is 1. The van der Waals surface area contributed by atoms with E-state index in [0.717, 1.165) is 24.8 Å². The van der Waals surface area contributed by atoms with Crippen molar-refractivity contribution < 1.29 is 14.0 Å². The van der Waals surface area contributed by atoms with Gasteiger partial charge < -0.3 is 10.2 Å². The van der Waals surface area contributed by atoms with E-state index in [0.29, 0.717) is 32.4 Å². The number of halogens is 1. The average Bonchev–Trinajstić information content (AvgIpc) is 2.52. The van der Waals surface area contributed by atoms with Crippen LogP contribution >= 0.6 is 0 Å². The highest BCUT2D eigenvalue weighted by atomic mass is 19.1. The normalized spacial score (nSPS) is 16.3. The summed E-state index contributed by atoms with van der Waals surface area (Å²) in [6.45, 7) is 3.08. The lowest BCUT2D eigenvalue weighted by molar-refractivity contribution is -0.136. The Bertz CT molecular complexity index is 548. The van der Waals surface area contributed by atoms with Crippen LogP contribution in [0.1, 0.15) is 44.6 Å². The van der Waals surface area contributed by atoms with Crippen molar-refractivity contribution in [2.45, 2.75) is 51.5 Å². The van der Waals surface area contributed by atoms with Crippen LogP contribution in [0.3, 0.4) is 0 Å². The Morgan fingerprint density at radius 3 is 2.91 bits per heavy atom. The van der Waals surface area contributed by atoms with E-state index in [1.807, 2.05) is 17.9 Å². The van der Waals surface area contributed by atoms with Gasteiger partial charge in [0.2, 0.25) is 11.8 Å². The quantitative estimate of drug-likeness (QED) is 0.840. The van der Waals surface area contributed by atoms with Gasteiger partial charge in [0.05, 0.1) is 6.04 Å². The van der Waals surface area contributed by atoms with Gasteiger partial charge in [-0.1, -0.05) is 19.1 Å². The molecule has 1 atom stereocenters. The number of benzene rings is 1. The van der Waals surface area contributed by atoms with Crippen LogP contribution in [0.4, 0.5) is 4.39 Å². The van der Waals surface area contributed by atoms with Gasteiger partial charge in [-0.25, -0.2) is 4.39 Å². The van der Waals surface area contributed by atoms with E-state index in [9.17, 15) is 14.0 Å². The molecule has 0 aliphatic carbocycles. The lowest BCUT2D eigenvalue weighted by atomic mass is 10.0. The van der Waals surface area contributed by atoms with Gasteiger partial charge in [0, 0.05) is 25.9 Å². The van der Waals surface area contributed by atoms with Gasteiger partial charge in [-0.3, -0.25) is 9.59 Å². The number of nitrogens with zero attached hydrogens (tertiary/aromatic N) is 1. The smallest absolute Gasteiger partial charge is 0.222 e. The second-order valence-corrected chi connectivity index (χ2v) is 6.09. The Morgan fingerprint density at radius 2 is 2.22 bits per heavy atom. The highest BCUT2D eigenvalue weighted by Crippen LogP contribution is 2.17. The number of hydrogen-bond donors (Lipinski definition) is 1. The van der Waals surface area contributed by atoms with Crippen LogP contribution in [0, 0.1) is 5.82 Å². The van der Waals surface area contributed by atoms with Gasteiger partial charge in [-0.05, 0) is 43.4 Å². The molecule has 0 saturated carbocycles. The zero-order chi connectivity index (χ0) is 16.7. The maximum atomic E-state index is 13.4. The van der Waals surface area contributed by atoms with Crippen molar-refractivity contribution in [1.82, 2.24) is 10.2 Å². The molecule has 0 aromatic heterocycles. The lowest BCUT2D eigenvalue weighted by Crippen LogP contribution is -2.49. The third-order valence-corrected chi connectivity index (χ3v) is 4.17. The van der Waals surface area contributed by atoms with Crippen molar-refractivity contribution in [3.8, 4) is 0 Å². The summed E-state index contributed by atoms with van der Waals surface area (Å²) in [4.78, 5) is 25.8. The first-order chi connectivity index (χ1) is 11.1.